The van der Waals surface area contributed by atoms with Crippen molar-refractivity contribution in [1.29, 1.82) is 0 Å². The number of allylic oxidation sites excluding steroid dienone is 1. The van der Waals surface area contributed by atoms with Crippen molar-refractivity contribution >= 4 is 0 Å². The van der Waals surface area contributed by atoms with Crippen LogP contribution < -0.4 is 5.56 Å². The summed E-state index contributed by atoms with van der Waals surface area (Å²) in [5.74, 6) is 1.14. The summed E-state index contributed by atoms with van der Waals surface area (Å²) in [5, 5.41) is 19.7. The molecule has 1 fully saturated rings. The topological polar surface area (TPSA) is 62.5 Å². The van der Waals surface area contributed by atoms with E-state index in [4.69, 9.17) is 0 Å². The Bertz CT molecular complexity index is 549. The number of pyridine rings is 1. The van der Waals surface area contributed by atoms with Crippen LogP contribution in [-0.4, -0.2) is 15.0 Å². The molecule has 2 rings (SSSR count). The molecule has 20 heavy (non-hydrogen) atoms. The van der Waals surface area contributed by atoms with Gasteiger partial charge in [0.05, 0.1) is 11.8 Å². The zero-order valence-corrected chi connectivity index (χ0v) is 12.1. The molecule has 1 heterocycles. The lowest BCUT2D eigenvalue weighted by molar-refractivity contribution is 0.155. The van der Waals surface area contributed by atoms with Crippen molar-refractivity contribution in [3.05, 3.63) is 40.8 Å². The van der Waals surface area contributed by atoms with Crippen molar-refractivity contribution in [1.82, 2.24) is 4.73 Å². The van der Waals surface area contributed by atoms with E-state index in [1.54, 1.807) is 0 Å². The molecule has 0 aromatic carbocycles. The molecule has 1 aliphatic carbocycles. The summed E-state index contributed by atoms with van der Waals surface area (Å²) in [6, 6.07) is 1.38. The number of rotatable bonds is 3. The van der Waals surface area contributed by atoms with E-state index in [9.17, 15) is 15.1 Å². The number of hydrogen-bond acceptors (Lipinski definition) is 3. The number of hydrogen-bond donors (Lipinski definition) is 2. The van der Waals surface area contributed by atoms with E-state index in [-0.39, 0.29) is 17.6 Å². The van der Waals surface area contributed by atoms with Crippen molar-refractivity contribution in [2.24, 2.45) is 17.8 Å². The molecule has 1 aliphatic rings. The van der Waals surface area contributed by atoms with Gasteiger partial charge < -0.3 is 10.3 Å². The summed E-state index contributed by atoms with van der Waals surface area (Å²) in [4.78, 5) is 12.2. The van der Waals surface area contributed by atoms with Crippen molar-refractivity contribution in [2.45, 2.75) is 39.0 Å². The van der Waals surface area contributed by atoms with Gasteiger partial charge in [0, 0.05) is 6.07 Å². The van der Waals surface area contributed by atoms with E-state index in [0.29, 0.717) is 22.1 Å². The molecule has 110 valence electrons. The Morgan fingerprint density at radius 1 is 1.45 bits per heavy atom. The third kappa shape index (κ3) is 2.60. The predicted molar refractivity (Wildman–Crippen MR) is 78.2 cm³/mol. The maximum Gasteiger partial charge on any atom is 0.290 e. The average molecular weight is 277 g/mol. The monoisotopic (exact) mass is 277 g/mol. The van der Waals surface area contributed by atoms with Gasteiger partial charge in [0.15, 0.2) is 0 Å². The first-order valence-electron chi connectivity index (χ1n) is 7.20. The molecule has 0 spiro atoms. The van der Waals surface area contributed by atoms with E-state index < -0.39 is 5.56 Å². The Hall–Kier alpha value is -1.71. The fourth-order valence-corrected chi connectivity index (χ4v) is 3.83. The minimum absolute atomic E-state index is 0.0132. The predicted octanol–water partition coefficient (Wildman–Crippen LogP) is 3.13. The van der Waals surface area contributed by atoms with E-state index in [0.717, 1.165) is 19.3 Å². The van der Waals surface area contributed by atoms with E-state index in [1.807, 2.05) is 6.08 Å². The summed E-state index contributed by atoms with van der Waals surface area (Å²) in [5.41, 5.74) is -0.160. The van der Waals surface area contributed by atoms with Gasteiger partial charge in [-0.25, -0.2) is 0 Å². The van der Waals surface area contributed by atoms with Crippen LogP contribution in [0.25, 0.3) is 0 Å². The molecule has 4 heteroatoms. The van der Waals surface area contributed by atoms with Gasteiger partial charge in [-0.2, -0.15) is 4.73 Å². The molecule has 0 saturated heterocycles. The van der Waals surface area contributed by atoms with E-state index >= 15 is 0 Å². The lowest BCUT2D eigenvalue weighted by Crippen LogP contribution is -2.34. The van der Waals surface area contributed by atoms with Gasteiger partial charge in [0.1, 0.15) is 5.75 Å². The third-order valence-corrected chi connectivity index (χ3v) is 4.49. The zero-order valence-electron chi connectivity index (χ0n) is 12.1. The highest BCUT2D eigenvalue weighted by Crippen LogP contribution is 2.46. The number of aromatic hydroxyl groups is 1. The molecule has 0 unspecified atom stereocenters. The largest absolute Gasteiger partial charge is 0.507 e. The smallest absolute Gasteiger partial charge is 0.290 e. The van der Waals surface area contributed by atoms with Crippen LogP contribution >= 0.6 is 0 Å². The second kappa shape index (κ2) is 5.73. The fraction of sp³-hybridized carbons (Fsp3) is 0.562. The van der Waals surface area contributed by atoms with Gasteiger partial charge in [-0.05, 0) is 42.9 Å². The highest BCUT2D eigenvalue weighted by Gasteiger charge is 2.37. The van der Waals surface area contributed by atoms with Gasteiger partial charge in [0.2, 0.25) is 0 Å². The second-order valence-corrected chi connectivity index (χ2v) is 6.13. The minimum Gasteiger partial charge on any atom is -0.507 e. The van der Waals surface area contributed by atoms with Crippen LogP contribution in [0.4, 0.5) is 0 Å². The highest BCUT2D eigenvalue weighted by atomic mass is 16.5. The second-order valence-electron chi connectivity index (χ2n) is 6.13. The normalized spacial score (nSPS) is 30.1. The van der Waals surface area contributed by atoms with Crippen LogP contribution in [0, 0.1) is 17.8 Å². The molecule has 1 aromatic heterocycles. The summed E-state index contributed by atoms with van der Waals surface area (Å²) in [6.07, 6.45) is 5.91. The summed E-state index contributed by atoms with van der Waals surface area (Å²) in [6.45, 7) is 8.14. The van der Waals surface area contributed by atoms with Gasteiger partial charge in [0.25, 0.3) is 5.56 Å². The maximum absolute atomic E-state index is 12.2. The van der Waals surface area contributed by atoms with Crippen molar-refractivity contribution in [2.75, 3.05) is 0 Å². The van der Waals surface area contributed by atoms with Crippen molar-refractivity contribution in [3.8, 4) is 5.75 Å². The van der Waals surface area contributed by atoms with Crippen LogP contribution in [0.15, 0.2) is 29.7 Å². The van der Waals surface area contributed by atoms with Crippen molar-refractivity contribution < 1.29 is 10.3 Å². The molecule has 1 aromatic rings. The van der Waals surface area contributed by atoms with Gasteiger partial charge >= 0.3 is 0 Å². The molecule has 4 nitrogen and oxygen atoms in total. The van der Waals surface area contributed by atoms with Crippen LogP contribution in [-0.2, 0) is 0 Å². The lowest BCUT2D eigenvalue weighted by atomic mass is 9.65. The van der Waals surface area contributed by atoms with Crippen LogP contribution in [0.1, 0.15) is 44.6 Å². The molecule has 2 N–H and O–H groups in total. The molecule has 1 saturated carbocycles. The molecule has 0 radical (unpaired) electrons. The Morgan fingerprint density at radius 3 is 2.80 bits per heavy atom. The lowest BCUT2D eigenvalue weighted by Gasteiger charge is -2.39. The molecule has 0 bridgehead atoms. The maximum atomic E-state index is 12.2. The molecular weight excluding hydrogens is 254 g/mol. The van der Waals surface area contributed by atoms with E-state index in [2.05, 4.69) is 20.4 Å². The SMILES string of the molecule is C=CC[C@H]1C[C@@H](C)C[C@@H](C)[C@@H]1c1c(O)ccn(O)c1=O. The van der Waals surface area contributed by atoms with Gasteiger partial charge in [-0.3, -0.25) is 4.79 Å². The van der Waals surface area contributed by atoms with Crippen LogP contribution in [0.2, 0.25) is 0 Å². The zero-order chi connectivity index (χ0) is 14.9. The summed E-state index contributed by atoms with van der Waals surface area (Å²) >= 11 is 0. The fourth-order valence-electron chi connectivity index (χ4n) is 3.83. The first-order chi connectivity index (χ1) is 9.45. The Balaban J connectivity index is 2.50. The van der Waals surface area contributed by atoms with Gasteiger partial charge in [-0.1, -0.05) is 19.9 Å². The van der Waals surface area contributed by atoms with Crippen molar-refractivity contribution in [3.63, 3.8) is 0 Å². The molecule has 0 aliphatic heterocycles. The average Bonchev–Trinajstić information content (AvgIpc) is 2.37. The molecule has 4 atom stereocenters. The molecule has 0 amide bonds. The summed E-state index contributed by atoms with van der Waals surface area (Å²) < 4.78 is 0.560. The van der Waals surface area contributed by atoms with Crippen LogP contribution in [0.5, 0.6) is 5.75 Å². The standard InChI is InChI=1S/C16H23NO3/c1-4-5-12-9-10(2)8-11(3)14(12)15-13(18)6-7-17(20)16(15)19/h4,6-7,10-12,14,18,20H,1,5,8-9H2,2-3H3/t10-,11+,12-,14-/m0/s1. The highest BCUT2D eigenvalue weighted by molar-refractivity contribution is 5.34. The Labute approximate surface area is 119 Å². The quantitative estimate of drug-likeness (QED) is 0.659. The van der Waals surface area contributed by atoms with E-state index in [1.165, 1.54) is 12.3 Å². The Morgan fingerprint density at radius 2 is 2.15 bits per heavy atom. The first kappa shape index (κ1) is 14.7. The minimum atomic E-state index is -0.509. The third-order valence-electron chi connectivity index (χ3n) is 4.49. The number of aromatic nitrogens is 1. The first-order valence-corrected chi connectivity index (χ1v) is 7.20. The van der Waals surface area contributed by atoms with Crippen LogP contribution in [0.3, 0.4) is 0 Å². The molecular formula is C16H23NO3. The Kier molecular flexibility index (Phi) is 4.21. The summed E-state index contributed by atoms with van der Waals surface area (Å²) in [7, 11) is 0. The van der Waals surface area contributed by atoms with Gasteiger partial charge in [-0.15, -0.1) is 6.58 Å². The number of nitrogens with zero attached hydrogens (tertiary/aromatic N) is 1.